The second-order valence-electron chi connectivity index (χ2n) is 9.01. The lowest BCUT2D eigenvalue weighted by Gasteiger charge is -2.40. The second kappa shape index (κ2) is 8.99. The van der Waals surface area contributed by atoms with Gasteiger partial charge < -0.3 is 24.1 Å². The molecule has 178 valence electrons. The number of hydrogen-bond acceptors (Lipinski definition) is 7. The highest BCUT2D eigenvalue weighted by Gasteiger charge is 2.43. The molecule has 7 heteroatoms. The Balaban J connectivity index is 1.94. The molecule has 2 N–H and O–H groups in total. The Hall–Kier alpha value is -3.58. The molecule has 1 aromatic heterocycles. The molecule has 0 amide bonds. The van der Waals surface area contributed by atoms with E-state index in [4.69, 9.17) is 13.9 Å². The Morgan fingerprint density at radius 2 is 1.97 bits per heavy atom. The Kier molecular flexibility index (Phi) is 6.23. The first-order valence-electron chi connectivity index (χ1n) is 11.2. The maximum Gasteiger partial charge on any atom is 0.333 e. The van der Waals surface area contributed by atoms with Crippen molar-refractivity contribution in [3.05, 3.63) is 80.7 Å². The van der Waals surface area contributed by atoms with Crippen molar-refractivity contribution in [3.63, 3.8) is 0 Å². The van der Waals surface area contributed by atoms with Gasteiger partial charge in [-0.15, -0.1) is 0 Å². The fourth-order valence-electron chi connectivity index (χ4n) is 4.16. The van der Waals surface area contributed by atoms with Gasteiger partial charge in [0.05, 0.1) is 0 Å². The number of allylic oxidation sites excluding steroid dienone is 1. The number of carbonyl (C=O) groups excluding carboxylic acids is 1. The highest BCUT2D eigenvalue weighted by molar-refractivity contribution is 5.91. The number of aliphatic hydroxyl groups is 1. The molecule has 0 fully saturated rings. The number of ether oxygens (including phenoxy) is 2. The predicted molar refractivity (Wildman–Crippen MR) is 127 cm³/mol. The summed E-state index contributed by atoms with van der Waals surface area (Å²) in [6, 6.07) is 10.8. The van der Waals surface area contributed by atoms with Crippen molar-refractivity contribution in [1.29, 1.82) is 0 Å². The maximum absolute atomic E-state index is 12.9. The summed E-state index contributed by atoms with van der Waals surface area (Å²) in [5, 5.41) is 20.8. The van der Waals surface area contributed by atoms with Gasteiger partial charge in [0.15, 0.2) is 5.43 Å². The molecular formula is C27H28O7. The fraction of sp³-hybridized carbons (Fsp3) is 0.333. The van der Waals surface area contributed by atoms with E-state index in [2.05, 4.69) is 0 Å². The zero-order valence-electron chi connectivity index (χ0n) is 19.7. The third-order valence-electron chi connectivity index (χ3n) is 6.26. The molecule has 0 radical (unpaired) electrons. The summed E-state index contributed by atoms with van der Waals surface area (Å²) in [5.41, 5.74) is 1.17. The van der Waals surface area contributed by atoms with Crippen LogP contribution in [0, 0.1) is 0 Å². The van der Waals surface area contributed by atoms with Crippen molar-refractivity contribution >= 4 is 16.9 Å². The van der Waals surface area contributed by atoms with Crippen LogP contribution in [0.5, 0.6) is 11.5 Å². The van der Waals surface area contributed by atoms with E-state index in [0.717, 1.165) is 5.56 Å². The Morgan fingerprint density at radius 1 is 1.26 bits per heavy atom. The molecule has 2 heterocycles. The topological polar surface area (TPSA) is 106 Å². The lowest BCUT2D eigenvalue weighted by Crippen LogP contribution is -2.49. The Morgan fingerprint density at radius 3 is 2.62 bits per heavy atom. The summed E-state index contributed by atoms with van der Waals surface area (Å²) in [6.07, 6.45) is 1.50. The van der Waals surface area contributed by atoms with Crippen LogP contribution in [0.2, 0.25) is 0 Å². The van der Waals surface area contributed by atoms with E-state index in [1.807, 2.05) is 44.2 Å². The van der Waals surface area contributed by atoms with Crippen molar-refractivity contribution in [3.8, 4) is 11.5 Å². The SMILES string of the molecule is C/C=C(/C)C(=O)O[C@@H]1Cc2c(c(Cc3ccccc3)c3oc(CO)cc(=O)c3c2O)OC1(C)C. The highest BCUT2D eigenvalue weighted by Crippen LogP contribution is 2.46. The van der Waals surface area contributed by atoms with Gasteiger partial charge in [0.1, 0.15) is 46.5 Å². The van der Waals surface area contributed by atoms with E-state index in [1.165, 1.54) is 6.07 Å². The van der Waals surface area contributed by atoms with Crippen LogP contribution in [-0.4, -0.2) is 27.9 Å². The first-order valence-corrected chi connectivity index (χ1v) is 11.2. The molecule has 0 saturated carbocycles. The van der Waals surface area contributed by atoms with Crippen LogP contribution >= 0.6 is 0 Å². The zero-order chi connectivity index (χ0) is 24.6. The van der Waals surface area contributed by atoms with E-state index < -0.39 is 29.7 Å². The van der Waals surface area contributed by atoms with Crippen LogP contribution < -0.4 is 10.2 Å². The number of esters is 1. The van der Waals surface area contributed by atoms with E-state index in [-0.39, 0.29) is 28.9 Å². The van der Waals surface area contributed by atoms with Crippen LogP contribution in [0.1, 0.15) is 50.1 Å². The van der Waals surface area contributed by atoms with E-state index in [1.54, 1.807) is 19.9 Å². The molecule has 1 aliphatic heterocycles. The molecular weight excluding hydrogens is 436 g/mol. The number of phenols is 1. The highest BCUT2D eigenvalue weighted by atomic mass is 16.6. The van der Waals surface area contributed by atoms with E-state index in [9.17, 15) is 19.8 Å². The first-order chi connectivity index (χ1) is 16.2. The molecule has 34 heavy (non-hydrogen) atoms. The van der Waals surface area contributed by atoms with Gasteiger partial charge in [-0.1, -0.05) is 36.4 Å². The summed E-state index contributed by atoms with van der Waals surface area (Å²) < 4.78 is 18.0. The average molecular weight is 465 g/mol. The fourth-order valence-corrected chi connectivity index (χ4v) is 4.16. The van der Waals surface area contributed by atoms with Gasteiger partial charge in [-0.25, -0.2) is 4.79 Å². The largest absolute Gasteiger partial charge is 0.507 e. The monoisotopic (exact) mass is 464 g/mol. The Labute approximate surface area is 197 Å². The molecule has 4 rings (SSSR count). The number of fused-ring (bicyclic) bond motifs is 2. The van der Waals surface area contributed by atoms with Crippen molar-refractivity contribution in [2.45, 2.75) is 58.8 Å². The molecule has 1 atom stereocenters. The molecule has 7 nitrogen and oxygen atoms in total. The Bertz CT molecular complexity index is 1330. The standard InChI is InChI=1S/C27H28O7/c1-5-15(2)26(31)33-21-13-18-23(30)22-20(29)12-17(14-28)32-25(22)19(24(18)34-27(21,3)4)11-16-9-7-6-8-10-16/h5-10,12,21,28,30H,11,13-14H2,1-4H3/b15-5-/t21-/m1/s1. The number of phenolic OH excluding ortho intramolecular Hbond substituents is 1. The molecule has 3 aromatic rings. The number of aliphatic hydroxyl groups excluding tert-OH is 1. The number of aromatic hydroxyl groups is 1. The van der Waals surface area contributed by atoms with Gasteiger partial charge in [0, 0.05) is 35.6 Å². The van der Waals surface area contributed by atoms with Crippen LogP contribution in [0.3, 0.4) is 0 Å². The molecule has 1 aliphatic rings. The smallest absolute Gasteiger partial charge is 0.333 e. The summed E-state index contributed by atoms with van der Waals surface area (Å²) in [7, 11) is 0. The quantitative estimate of drug-likeness (QED) is 0.431. The van der Waals surface area contributed by atoms with Crippen LogP contribution in [0.4, 0.5) is 0 Å². The van der Waals surface area contributed by atoms with Gasteiger partial charge >= 0.3 is 5.97 Å². The third-order valence-corrected chi connectivity index (χ3v) is 6.26. The van der Waals surface area contributed by atoms with E-state index >= 15 is 0 Å². The van der Waals surface area contributed by atoms with E-state index in [0.29, 0.717) is 28.9 Å². The number of benzene rings is 2. The molecule has 0 aliphatic carbocycles. The summed E-state index contributed by atoms with van der Waals surface area (Å²) in [5.74, 6) is -0.245. The van der Waals surface area contributed by atoms with Crippen LogP contribution in [0.25, 0.3) is 11.0 Å². The summed E-state index contributed by atoms with van der Waals surface area (Å²) in [6.45, 7) is 6.59. The normalized spacial score (nSPS) is 17.2. The van der Waals surface area contributed by atoms with Gasteiger partial charge in [0.25, 0.3) is 0 Å². The molecule has 0 saturated heterocycles. The van der Waals surface area contributed by atoms with Gasteiger partial charge in [-0.3, -0.25) is 4.79 Å². The third kappa shape index (κ3) is 4.19. The number of hydrogen-bond donors (Lipinski definition) is 2. The van der Waals surface area contributed by atoms with Crippen molar-refractivity contribution < 1.29 is 28.9 Å². The minimum Gasteiger partial charge on any atom is -0.507 e. The average Bonchev–Trinajstić information content (AvgIpc) is 2.81. The van der Waals surface area contributed by atoms with Gasteiger partial charge in [0.2, 0.25) is 0 Å². The summed E-state index contributed by atoms with van der Waals surface area (Å²) >= 11 is 0. The van der Waals surface area contributed by atoms with Crippen molar-refractivity contribution in [2.75, 3.05) is 0 Å². The number of rotatable bonds is 5. The molecule has 2 aromatic carbocycles. The van der Waals surface area contributed by atoms with Crippen molar-refractivity contribution in [1.82, 2.24) is 0 Å². The summed E-state index contributed by atoms with van der Waals surface area (Å²) in [4.78, 5) is 25.4. The first kappa shape index (κ1) is 23.6. The zero-order valence-corrected chi connectivity index (χ0v) is 19.7. The van der Waals surface area contributed by atoms with Crippen LogP contribution in [0.15, 0.2) is 57.3 Å². The minimum atomic E-state index is -0.920. The second-order valence-corrected chi connectivity index (χ2v) is 9.01. The molecule has 0 spiro atoms. The lowest BCUT2D eigenvalue weighted by atomic mass is 9.86. The lowest BCUT2D eigenvalue weighted by molar-refractivity contribution is -0.156. The molecule has 0 bridgehead atoms. The maximum atomic E-state index is 12.9. The van der Waals surface area contributed by atoms with Gasteiger partial charge in [-0.2, -0.15) is 0 Å². The number of carbonyl (C=O) groups is 1. The van der Waals surface area contributed by atoms with Crippen LogP contribution in [-0.2, 0) is 29.0 Å². The minimum absolute atomic E-state index is 0.0138. The predicted octanol–water partition coefficient (Wildman–Crippen LogP) is 4.17. The van der Waals surface area contributed by atoms with Gasteiger partial charge in [-0.05, 0) is 33.3 Å². The molecule has 0 unspecified atom stereocenters. The van der Waals surface area contributed by atoms with Crippen molar-refractivity contribution in [2.24, 2.45) is 0 Å².